The van der Waals surface area contributed by atoms with Gasteiger partial charge in [-0.25, -0.2) is 0 Å². The third kappa shape index (κ3) is 3.92. The van der Waals surface area contributed by atoms with Crippen molar-refractivity contribution in [3.63, 3.8) is 0 Å². The summed E-state index contributed by atoms with van der Waals surface area (Å²) in [6.45, 7) is 8.90. The van der Waals surface area contributed by atoms with Gasteiger partial charge >= 0.3 is 0 Å². The number of nitrogens with one attached hydrogen (secondary N) is 1. The Kier molecular flexibility index (Phi) is 5.09. The molecule has 1 aliphatic heterocycles. The van der Waals surface area contributed by atoms with Crippen LogP contribution in [0.25, 0.3) is 0 Å². The van der Waals surface area contributed by atoms with Gasteiger partial charge in [0.2, 0.25) is 0 Å². The van der Waals surface area contributed by atoms with Crippen LogP contribution in [0, 0.1) is 5.92 Å². The van der Waals surface area contributed by atoms with E-state index in [2.05, 4.69) is 18.8 Å². The summed E-state index contributed by atoms with van der Waals surface area (Å²) >= 11 is 0. The molecule has 13 heavy (non-hydrogen) atoms. The van der Waals surface area contributed by atoms with Gasteiger partial charge in [-0.15, -0.1) is 6.58 Å². The van der Waals surface area contributed by atoms with E-state index in [4.69, 9.17) is 4.74 Å². The SMILES string of the molecule is C=CCC(CC1CCOC1)NCC. The molecule has 0 saturated carbocycles. The third-order valence-electron chi connectivity index (χ3n) is 2.59. The van der Waals surface area contributed by atoms with Crippen molar-refractivity contribution in [2.24, 2.45) is 5.92 Å². The second-order valence-corrected chi connectivity index (χ2v) is 3.74. The minimum absolute atomic E-state index is 0.606. The summed E-state index contributed by atoms with van der Waals surface area (Å²) in [5.74, 6) is 0.768. The number of rotatable bonds is 6. The Morgan fingerprint density at radius 3 is 3.08 bits per heavy atom. The summed E-state index contributed by atoms with van der Waals surface area (Å²) in [5, 5.41) is 3.48. The van der Waals surface area contributed by atoms with Gasteiger partial charge in [0.25, 0.3) is 0 Å². The average molecular weight is 183 g/mol. The minimum Gasteiger partial charge on any atom is -0.381 e. The molecule has 0 aliphatic carbocycles. The van der Waals surface area contributed by atoms with E-state index in [1.165, 1.54) is 12.8 Å². The fourth-order valence-corrected chi connectivity index (χ4v) is 1.92. The lowest BCUT2D eigenvalue weighted by atomic mass is 9.97. The van der Waals surface area contributed by atoms with E-state index in [-0.39, 0.29) is 0 Å². The van der Waals surface area contributed by atoms with E-state index in [9.17, 15) is 0 Å². The molecule has 0 bridgehead atoms. The first-order chi connectivity index (χ1) is 6.36. The zero-order valence-corrected chi connectivity index (χ0v) is 8.59. The molecule has 0 spiro atoms. The first-order valence-electron chi connectivity index (χ1n) is 5.28. The van der Waals surface area contributed by atoms with Crippen molar-refractivity contribution in [1.82, 2.24) is 5.32 Å². The fourth-order valence-electron chi connectivity index (χ4n) is 1.92. The molecule has 2 atom stereocenters. The highest BCUT2D eigenvalue weighted by atomic mass is 16.5. The lowest BCUT2D eigenvalue weighted by Crippen LogP contribution is -2.30. The molecular weight excluding hydrogens is 162 g/mol. The fraction of sp³-hybridized carbons (Fsp3) is 0.818. The topological polar surface area (TPSA) is 21.3 Å². The Hall–Kier alpha value is -0.340. The van der Waals surface area contributed by atoms with Crippen molar-refractivity contribution in [1.29, 1.82) is 0 Å². The molecule has 1 rings (SSSR count). The van der Waals surface area contributed by atoms with Crippen LogP contribution in [0.3, 0.4) is 0 Å². The van der Waals surface area contributed by atoms with Crippen molar-refractivity contribution < 1.29 is 4.74 Å². The Bertz CT molecular complexity index is 141. The van der Waals surface area contributed by atoms with Gasteiger partial charge in [0.05, 0.1) is 0 Å². The Morgan fingerprint density at radius 1 is 1.69 bits per heavy atom. The van der Waals surface area contributed by atoms with E-state index in [1.807, 2.05) is 6.08 Å². The van der Waals surface area contributed by atoms with Gasteiger partial charge < -0.3 is 10.1 Å². The zero-order chi connectivity index (χ0) is 9.52. The van der Waals surface area contributed by atoms with E-state index >= 15 is 0 Å². The third-order valence-corrected chi connectivity index (χ3v) is 2.59. The molecule has 1 aliphatic rings. The van der Waals surface area contributed by atoms with Crippen LogP contribution in [0.15, 0.2) is 12.7 Å². The second kappa shape index (κ2) is 6.17. The van der Waals surface area contributed by atoms with E-state index in [0.29, 0.717) is 6.04 Å². The number of hydrogen-bond acceptors (Lipinski definition) is 2. The maximum absolute atomic E-state index is 5.36. The molecule has 0 amide bonds. The van der Waals surface area contributed by atoms with Crippen LogP contribution in [-0.4, -0.2) is 25.8 Å². The largest absolute Gasteiger partial charge is 0.381 e. The summed E-state index contributed by atoms with van der Waals surface area (Å²) in [6, 6.07) is 0.606. The average Bonchev–Trinajstić information content (AvgIpc) is 2.58. The van der Waals surface area contributed by atoms with E-state index in [1.54, 1.807) is 0 Å². The van der Waals surface area contributed by atoms with Gasteiger partial charge in [-0.1, -0.05) is 13.0 Å². The van der Waals surface area contributed by atoms with Gasteiger partial charge in [0, 0.05) is 19.3 Å². The van der Waals surface area contributed by atoms with Crippen LogP contribution in [0.4, 0.5) is 0 Å². The molecule has 1 N–H and O–H groups in total. The van der Waals surface area contributed by atoms with Crippen molar-refractivity contribution in [3.05, 3.63) is 12.7 Å². The van der Waals surface area contributed by atoms with Crippen LogP contribution in [-0.2, 0) is 4.74 Å². The van der Waals surface area contributed by atoms with E-state index in [0.717, 1.165) is 32.1 Å². The normalized spacial score (nSPS) is 24.5. The Labute approximate surface area is 81.4 Å². The summed E-state index contributed by atoms with van der Waals surface area (Å²) < 4.78 is 5.36. The maximum Gasteiger partial charge on any atom is 0.0495 e. The van der Waals surface area contributed by atoms with Crippen LogP contribution in [0.2, 0.25) is 0 Å². The van der Waals surface area contributed by atoms with Crippen molar-refractivity contribution in [3.8, 4) is 0 Å². The molecule has 0 aromatic rings. The second-order valence-electron chi connectivity index (χ2n) is 3.74. The van der Waals surface area contributed by atoms with Gasteiger partial charge in [-0.2, -0.15) is 0 Å². The molecule has 76 valence electrons. The summed E-state index contributed by atoms with van der Waals surface area (Å²) in [5.41, 5.74) is 0. The van der Waals surface area contributed by atoms with Gasteiger partial charge in [-0.05, 0) is 31.7 Å². The number of ether oxygens (including phenoxy) is 1. The summed E-state index contributed by atoms with van der Waals surface area (Å²) in [7, 11) is 0. The molecule has 1 fully saturated rings. The van der Waals surface area contributed by atoms with Gasteiger partial charge in [0.15, 0.2) is 0 Å². The van der Waals surface area contributed by atoms with Crippen LogP contribution in [0.1, 0.15) is 26.2 Å². The highest BCUT2D eigenvalue weighted by Crippen LogP contribution is 2.19. The molecule has 0 radical (unpaired) electrons. The Morgan fingerprint density at radius 2 is 2.54 bits per heavy atom. The molecule has 1 saturated heterocycles. The predicted molar refractivity (Wildman–Crippen MR) is 55.8 cm³/mol. The summed E-state index contributed by atoms with van der Waals surface area (Å²) in [4.78, 5) is 0. The van der Waals surface area contributed by atoms with Crippen molar-refractivity contribution >= 4 is 0 Å². The van der Waals surface area contributed by atoms with Gasteiger partial charge in [0.1, 0.15) is 0 Å². The predicted octanol–water partition coefficient (Wildman–Crippen LogP) is 1.97. The molecule has 2 nitrogen and oxygen atoms in total. The highest BCUT2D eigenvalue weighted by Gasteiger charge is 2.19. The van der Waals surface area contributed by atoms with Gasteiger partial charge in [-0.3, -0.25) is 0 Å². The lowest BCUT2D eigenvalue weighted by Gasteiger charge is -2.18. The lowest BCUT2D eigenvalue weighted by molar-refractivity contribution is 0.181. The zero-order valence-electron chi connectivity index (χ0n) is 8.59. The van der Waals surface area contributed by atoms with Crippen LogP contribution >= 0.6 is 0 Å². The molecule has 0 aromatic carbocycles. The monoisotopic (exact) mass is 183 g/mol. The summed E-state index contributed by atoms with van der Waals surface area (Å²) in [6.07, 6.45) is 5.55. The van der Waals surface area contributed by atoms with Crippen LogP contribution < -0.4 is 5.32 Å². The maximum atomic E-state index is 5.36. The molecule has 1 heterocycles. The molecule has 2 heteroatoms. The van der Waals surface area contributed by atoms with Crippen LogP contribution in [0.5, 0.6) is 0 Å². The van der Waals surface area contributed by atoms with Crippen molar-refractivity contribution in [2.75, 3.05) is 19.8 Å². The first-order valence-corrected chi connectivity index (χ1v) is 5.28. The quantitative estimate of drug-likeness (QED) is 0.636. The number of hydrogen-bond donors (Lipinski definition) is 1. The molecule has 0 aromatic heterocycles. The highest BCUT2D eigenvalue weighted by molar-refractivity contribution is 4.81. The molecular formula is C11H21NO. The Balaban J connectivity index is 2.22. The van der Waals surface area contributed by atoms with Crippen molar-refractivity contribution in [2.45, 2.75) is 32.2 Å². The smallest absolute Gasteiger partial charge is 0.0495 e. The minimum atomic E-state index is 0.606. The molecule has 2 unspecified atom stereocenters. The van der Waals surface area contributed by atoms with E-state index < -0.39 is 0 Å². The first kappa shape index (κ1) is 10.7. The standard InChI is InChI=1S/C11H21NO/c1-3-5-11(12-4-2)8-10-6-7-13-9-10/h3,10-12H,1,4-9H2,2H3.